The fourth-order valence-electron chi connectivity index (χ4n) is 2.83. The molecule has 114 valence electrons. The molecule has 22 heavy (non-hydrogen) atoms. The summed E-state index contributed by atoms with van der Waals surface area (Å²) in [4.78, 5) is 10.3. The number of carbonyl (C=O) groups excluding carboxylic acids is 1. The highest BCUT2D eigenvalue weighted by atomic mass is 16.5. The molecule has 1 aromatic carbocycles. The van der Waals surface area contributed by atoms with E-state index in [1.54, 1.807) is 0 Å². The van der Waals surface area contributed by atoms with Crippen molar-refractivity contribution in [3.05, 3.63) is 64.6 Å². The number of ketones is 1. The van der Waals surface area contributed by atoms with Gasteiger partial charge < -0.3 is 19.7 Å². The lowest BCUT2D eigenvalue weighted by molar-refractivity contribution is -0.0706. The minimum Gasteiger partial charge on any atom is -0.574 e. The maximum atomic E-state index is 10.3. The number of allylic oxidation sites excluding steroid dienone is 2. The van der Waals surface area contributed by atoms with Crippen LogP contribution in [0.25, 0.3) is 5.76 Å². The Hall–Kier alpha value is -2.53. The number of hydrogen-bond donors (Lipinski definition) is 2. The lowest BCUT2D eigenvalue weighted by atomic mass is 9.89. The zero-order valence-corrected chi connectivity index (χ0v) is 12.3. The molecule has 3 rings (SSSR count). The van der Waals surface area contributed by atoms with E-state index in [0.717, 1.165) is 11.1 Å². The molecule has 0 spiro atoms. The third-order valence-electron chi connectivity index (χ3n) is 3.94. The number of aryl methyl sites for hydroxylation is 1. The molecule has 0 saturated carbocycles. The Labute approximate surface area is 127 Å². The molecule has 0 radical (unpaired) electrons. The first-order valence-electron chi connectivity index (χ1n) is 6.94. The Kier molecular flexibility index (Phi) is 3.50. The molecule has 2 atom stereocenters. The van der Waals surface area contributed by atoms with Gasteiger partial charge in [0.2, 0.25) is 6.10 Å². The second-order valence-corrected chi connectivity index (χ2v) is 5.33. The van der Waals surface area contributed by atoms with Crippen LogP contribution in [-0.4, -0.2) is 44.8 Å². The SMILES string of the molecule is COC1C(O)=CC(O)=C2C(=[OH+])C=C(c3ccccc3C)[OH+][C@H]21. The summed E-state index contributed by atoms with van der Waals surface area (Å²) in [5, 5.41) is 19.9. The van der Waals surface area contributed by atoms with E-state index in [4.69, 9.17) is 4.74 Å². The normalized spacial score (nSPS) is 24.4. The predicted octanol–water partition coefficient (Wildman–Crippen LogP) is 2.07. The van der Waals surface area contributed by atoms with Crippen molar-refractivity contribution in [2.24, 2.45) is 0 Å². The van der Waals surface area contributed by atoms with E-state index in [1.807, 2.05) is 31.2 Å². The van der Waals surface area contributed by atoms with Crippen LogP contribution in [0.1, 0.15) is 11.1 Å². The Morgan fingerprint density at radius 3 is 2.59 bits per heavy atom. The Balaban J connectivity index is 2.08. The summed E-state index contributed by atoms with van der Waals surface area (Å²) in [6.07, 6.45) is 1.28. The number of methoxy groups -OCH3 is 1. The van der Waals surface area contributed by atoms with Crippen LogP contribution < -0.4 is 0 Å². The number of aliphatic hydroxyl groups excluding tert-OH is 2. The highest BCUT2D eigenvalue weighted by Gasteiger charge is 2.48. The molecule has 2 aliphatic rings. The molecule has 1 heterocycles. The van der Waals surface area contributed by atoms with Crippen LogP contribution in [0.15, 0.2) is 53.5 Å². The zero-order valence-electron chi connectivity index (χ0n) is 12.3. The van der Waals surface area contributed by atoms with Gasteiger partial charge in [0, 0.05) is 13.2 Å². The van der Waals surface area contributed by atoms with Gasteiger partial charge in [0.05, 0.1) is 5.56 Å². The van der Waals surface area contributed by atoms with Crippen molar-refractivity contribution >= 4 is 11.5 Å². The standard InChI is InChI=1S/C17H16O5/c1-9-5-3-4-6-10(9)14-8-12(19)15-11(18)7-13(20)16(21-2)17(15)22-14/h3-8,16-18,20H,1-2H3/p+2/t16?,17-/m1/s1. The van der Waals surface area contributed by atoms with Crippen molar-refractivity contribution < 1.29 is 24.5 Å². The van der Waals surface area contributed by atoms with Crippen LogP contribution in [0, 0.1) is 6.92 Å². The average Bonchev–Trinajstić information content (AvgIpc) is 2.47. The molecule has 4 N–H and O–H groups in total. The van der Waals surface area contributed by atoms with Crippen LogP contribution in [0.5, 0.6) is 0 Å². The smallest absolute Gasteiger partial charge is 0.365 e. The molecule has 1 aliphatic heterocycles. The first-order chi connectivity index (χ1) is 10.5. The third-order valence-corrected chi connectivity index (χ3v) is 3.94. The van der Waals surface area contributed by atoms with E-state index in [2.05, 4.69) is 4.74 Å². The number of benzene rings is 1. The van der Waals surface area contributed by atoms with Crippen molar-refractivity contribution in [3.63, 3.8) is 0 Å². The molecule has 0 amide bonds. The van der Waals surface area contributed by atoms with Gasteiger partial charge in [0.25, 0.3) is 11.9 Å². The molecule has 0 bridgehead atoms. The quantitative estimate of drug-likeness (QED) is 0.820. The molecule has 5 heteroatoms. The Morgan fingerprint density at radius 1 is 1.18 bits per heavy atom. The van der Waals surface area contributed by atoms with E-state index in [0.29, 0.717) is 5.76 Å². The van der Waals surface area contributed by atoms with Crippen LogP contribution in [-0.2, 0) is 4.74 Å². The van der Waals surface area contributed by atoms with E-state index in [9.17, 15) is 15.0 Å². The van der Waals surface area contributed by atoms with Crippen molar-refractivity contribution in [1.82, 2.24) is 0 Å². The molecule has 1 unspecified atom stereocenters. The van der Waals surface area contributed by atoms with Gasteiger partial charge in [0.1, 0.15) is 17.6 Å². The van der Waals surface area contributed by atoms with Crippen LogP contribution >= 0.6 is 0 Å². The maximum Gasteiger partial charge on any atom is 0.365 e. The van der Waals surface area contributed by atoms with Crippen LogP contribution in [0.2, 0.25) is 0 Å². The van der Waals surface area contributed by atoms with Crippen molar-refractivity contribution in [2.45, 2.75) is 19.1 Å². The number of rotatable bonds is 2. The van der Waals surface area contributed by atoms with Crippen molar-refractivity contribution in [2.75, 3.05) is 7.11 Å². The lowest BCUT2D eigenvalue weighted by Crippen LogP contribution is -2.43. The second kappa shape index (κ2) is 5.35. The van der Waals surface area contributed by atoms with Crippen molar-refractivity contribution in [3.8, 4) is 0 Å². The highest BCUT2D eigenvalue weighted by Crippen LogP contribution is 2.34. The van der Waals surface area contributed by atoms with E-state index < -0.39 is 12.2 Å². The van der Waals surface area contributed by atoms with Gasteiger partial charge in [0.15, 0.2) is 5.57 Å². The fourth-order valence-corrected chi connectivity index (χ4v) is 2.83. The van der Waals surface area contributed by atoms with Gasteiger partial charge in [-0.25, -0.2) is 0 Å². The lowest BCUT2D eigenvalue weighted by Gasteiger charge is -2.30. The van der Waals surface area contributed by atoms with Gasteiger partial charge >= 0.3 is 5.78 Å². The number of aliphatic hydroxyl groups is 4. The van der Waals surface area contributed by atoms with Gasteiger partial charge in [-0.1, -0.05) is 18.2 Å². The van der Waals surface area contributed by atoms with Crippen LogP contribution in [0.3, 0.4) is 0 Å². The monoisotopic (exact) mass is 302 g/mol. The van der Waals surface area contributed by atoms with Gasteiger partial charge in [-0.05, 0) is 18.6 Å². The molecule has 0 fully saturated rings. The topological polar surface area (TPSA) is 83.9 Å². The van der Waals surface area contributed by atoms with Gasteiger partial charge in [-0.2, -0.15) is 0 Å². The molecule has 0 saturated heterocycles. The second-order valence-electron chi connectivity index (χ2n) is 5.33. The van der Waals surface area contributed by atoms with Gasteiger partial charge in [-0.3, -0.25) is 4.79 Å². The summed E-state index contributed by atoms with van der Waals surface area (Å²) >= 11 is 0. The maximum absolute atomic E-state index is 10.3. The first kappa shape index (κ1) is 14.4. The summed E-state index contributed by atoms with van der Waals surface area (Å²) < 4.78 is 9.85. The van der Waals surface area contributed by atoms with E-state index >= 15 is 0 Å². The fraction of sp³-hybridized carbons (Fsp3) is 0.235. The van der Waals surface area contributed by atoms with E-state index in [1.165, 1.54) is 19.3 Å². The molecular formula is C17H18O5+2. The molecule has 0 aromatic heterocycles. The third kappa shape index (κ3) is 2.19. The van der Waals surface area contributed by atoms with Crippen LogP contribution in [0.4, 0.5) is 0 Å². The minimum absolute atomic E-state index is 0.0680. The minimum atomic E-state index is -0.735. The molecule has 1 aromatic rings. The summed E-state index contributed by atoms with van der Waals surface area (Å²) in [6, 6.07) is 7.69. The zero-order chi connectivity index (χ0) is 15.9. The number of ether oxygens (including phenoxy) is 2. The average molecular weight is 302 g/mol. The largest absolute Gasteiger partial charge is 0.574 e. The Bertz CT molecular complexity index is 726. The molecule has 5 nitrogen and oxygen atoms in total. The highest BCUT2D eigenvalue weighted by molar-refractivity contribution is 6.11. The Morgan fingerprint density at radius 2 is 1.91 bits per heavy atom. The summed E-state index contributed by atoms with van der Waals surface area (Å²) in [6.45, 7) is 1.96. The molecular weight excluding hydrogens is 284 g/mol. The van der Waals surface area contributed by atoms with E-state index in [-0.39, 0.29) is 22.9 Å². The summed E-state index contributed by atoms with van der Waals surface area (Å²) in [5.74, 6) is 0.212. The summed E-state index contributed by atoms with van der Waals surface area (Å²) in [7, 11) is 1.45. The first-order valence-corrected chi connectivity index (χ1v) is 6.94. The van der Waals surface area contributed by atoms with Gasteiger partial charge in [-0.15, -0.1) is 0 Å². The number of hydrogen-bond acceptors (Lipinski definition) is 3. The number of fused-ring (bicyclic) bond motifs is 1. The predicted molar refractivity (Wildman–Crippen MR) is 83.3 cm³/mol. The molecule has 1 aliphatic carbocycles. The summed E-state index contributed by atoms with van der Waals surface area (Å²) in [5.41, 5.74) is 2.17. The van der Waals surface area contributed by atoms with Crippen molar-refractivity contribution in [1.29, 1.82) is 0 Å².